The molecule has 3 aliphatic rings. The summed E-state index contributed by atoms with van der Waals surface area (Å²) in [6, 6.07) is 9.92. The van der Waals surface area contributed by atoms with Crippen LogP contribution in [0.3, 0.4) is 0 Å². The van der Waals surface area contributed by atoms with Gasteiger partial charge in [-0.1, -0.05) is 6.07 Å². The van der Waals surface area contributed by atoms with Gasteiger partial charge in [0.1, 0.15) is 11.5 Å². The third-order valence-corrected chi connectivity index (χ3v) is 6.78. The summed E-state index contributed by atoms with van der Waals surface area (Å²) < 4.78 is 0. The Labute approximate surface area is 170 Å². The minimum atomic E-state index is -0.115. The lowest BCUT2D eigenvalue weighted by Crippen LogP contribution is -2.67. The molecule has 2 N–H and O–H groups in total. The molecule has 0 unspecified atom stereocenters. The molecule has 3 aliphatic heterocycles. The van der Waals surface area contributed by atoms with Gasteiger partial charge in [-0.2, -0.15) is 0 Å². The van der Waals surface area contributed by atoms with Gasteiger partial charge in [-0.3, -0.25) is 9.59 Å². The fraction of sp³-hybridized carbons (Fsp3) is 0.500. The topological polar surface area (TPSA) is 81.3 Å². The molecule has 2 aromatic heterocycles. The summed E-state index contributed by atoms with van der Waals surface area (Å²) in [7, 11) is 0. The van der Waals surface area contributed by atoms with Crippen molar-refractivity contribution in [1.29, 1.82) is 0 Å². The summed E-state index contributed by atoms with van der Waals surface area (Å²) in [6.07, 6.45) is 7.34. The van der Waals surface area contributed by atoms with Crippen LogP contribution >= 0.6 is 0 Å². The molecule has 3 saturated heterocycles. The van der Waals surface area contributed by atoms with Crippen molar-refractivity contribution in [2.75, 3.05) is 24.5 Å². The van der Waals surface area contributed by atoms with E-state index < -0.39 is 0 Å². The van der Waals surface area contributed by atoms with Crippen molar-refractivity contribution >= 4 is 17.6 Å². The minimum absolute atomic E-state index is 0.0366. The van der Waals surface area contributed by atoms with Crippen LogP contribution in [0.15, 0.2) is 42.7 Å². The molecular formula is C22H27N5O2. The summed E-state index contributed by atoms with van der Waals surface area (Å²) in [5, 5.41) is 3.07. The van der Waals surface area contributed by atoms with Crippen molar-refractivity contribution in [1.82, 2.24) is 20.2 Å². The van der Waals surface area contributed by atoms with Crippen LogP contribution in [0.4, 0.5) is 5.82 Å². The standard InChI is InChI=1S/C22H27N5O2/c28-21-8-3-6-18-15-11-16(14-26(13-15)20-7-1-2-9-24-20)19(27(18)21)12-25-22(29)17-5-4-10-23-17/h1-2,4-5,7,9-10,15-16,18-19,23H,3,6,8,11-14H2,(H,25,29)/t15-,16+,18+,19+/m1/s1. The number of nitrogens with one attached hydrogen (secondary N) is 2. The third-order valence-electron chi connectivity index (χ3n) is 6.78. The zero-order valence-corrected chi connectivity index (χ0v) is 16.5. The molecule has 5 heterocycles. The van der Waals surface area contributed by atoms with Gasteiger partial charge in [0.15, 0.2) is 0 Å². The van der Waals surface area contributed by atoms with Gasteiger partial charge in [-0.25, -0.2) is 4.98 Å². The van der Waals surface area contributed by atoms with Gasteiger partial charge in [0.2, 0.25) is 5.91 Å². The number of pyridine rings is 1. The maximum absolute atomic E-state index is 12.9. The van der Waals surface area contributed by atoms with Gasteiger partial charge in [0.25, 0.3) is 5.91 Å². The Balaban J connectivity index is 1.38. The van der Waals surface area contributed by atoms with Crippen LogP contribution in [-0.2, 0) is 4.79 Å². The first-order valence-electron chi connectivity index (χ1n) is 10.6. The molecule has 7 nitrogen and oxygen atoms in total. The van der Waals surface area contributed by atoms with E-state index in [4.69, 9.17) is 0 Å². The third kappa shape index (κ3) is 3.39. The number of nitrogens with zero attached hydrogens (tertiary/aromatic N) is 3. The highest BCUT2D eigenvalue weighted by atomic mass is 16.2. The van der Waals surface area contributed by atoms with Crippen LogP contribution in [0.25, 0.3) is 0 Å². The SMILES string of the molecule is O=C(NC[C@H]1[C@H]2C[C@H](CN(c3ccccn3)C2)[C@@H]2CCCC(=O)N21)c1ccc[nH]1. The average molecular weight is 393 g/mol. The Bertz CT molecular complexity index is 869. The minimum Gasteiger partial charge on any atom is -0.357 e. The normalized spacial score (nSPS) is 28.8. The largest absolute Gasteiger partial charge is 0.357 e. The second kappa shape index (κ2) is 7.54. The monoisotopic (exact) mass is 393 g/mol. The maximum atomic E-state index is 12.9. The predicted molar refractivity (Wildman–Crippen MR) is 109 cm³/mol. The Morgan fingerprint density at radius 2 is 2.10 bits per heavy atom. The van der Waals surface area contributed by atoms with Crippen LogP contribution < -0.4 is 10.2 Å². The molecule has 2 aromatic rings. The van der Waals surface area contributed by atoms with Gasteiger partial charge in [-0.05, 0) is 55.4 Å². The van der Waals surface area contributed by atoms with Crippen molar-refractivity contribution in [3.05, 3.63) is 48.4 Å². The van der Waals surface area contributed by atoms with Crippen LogP contribution in [0.5, 0.6) is 0 Å². The number of H-pyrrole nitrogens is 1. The molecule has 0 aromatic carbocycles. The van der Waals surface area contributed by atoms with Gasteiger partial charge >= 0.3 is 0 Å². The molecule has 0 spiro atoms. The Hall–Kier alpha value is -2.83. The highest BCUT2D eigenvalue weighted by Crippen LogP contribution is 2.42. The van der Waals surface area contributed by atoms with E-state index in [9.17, 15) is 9.59 Å². The van der Waals surface area contributed by atoms with Crippen molar-refractivity contribution in [2.24, 2.45) is 11.8 Å². The number of anilines is 1. The van der Waals surface area contributed by atoms with Gasteiger partial charge in [0.05, 0.1) is 6.04 Å². The molecule has 5 rings (SSSR count). The fourth-order valence-electron chi connectivity index (χ4n) is 5.53. The number of carbonyl (C=O) groups excluding carboxylic acids is 2. The summed E-state index contributed by atoms with van der Waals surface area (Å²) in [5.41, 5.74) is 0.555. The summed E-state index contributed by atoms with van der Waals surface area (Å²) >= 11 is 0. The van der Waals surface area contributed by atoms with Gasteiger partial charge in [0, 0.05) is 44.5 Å². The van der Waals surface area contributed by atoms with E-state index in [0.29, 0.717) is 30.5 Å². The predicted octanol–water partition coefficient (Wildman–Crippen LogP) is 2.05. The van der Waals surface area contributed by atoms with Crippen molar-refractivity contribution in [3.8, 4) is 0 Å². The number of hydrogen-bond acceptors (Lipinski definition) is 4. The Morgan fingerprint density at radius 1 is 1.21 bits per heavy atom. The second-order valence-electron chi connectivity index (χ2n) is 8.47. The van der Waals surface area contributed by atoms with E-state index in [1.807, 2.05) is 24.4 Å². The molecular weight excluding hydrogens is 366 g/mol. The van der Waals surface area contributed by atoms with E-state index in [1.165, 1.54) is 0 Å². The Morgan fingerprint density at radius 3 is 2.90 bits per heavy atom. The molecule has 152 valence electrons. The highest BCUT2D eigenvalue weighted by Gasteiger charge is 2.49. The van der Waals surface area contributed by atoms with E-state index in [1.54, 1.807) is 12.3 Å². The van der Waals surface area contributed by atoms with Crippen molar-refractivity contribution < 1.29 is 9.59 Å². The number of aromatic nitrogens is 2. The van der Waals surface area contributed by atoms with Crippen LogP contribution in [0.1, 0.15) is 36.2 Å². The maximum Gasteiger partial charge on any atom is 0.267 e. The summed E-state index contributed by atoms with van der Waals surface area (Å²) in [4.78, 5) is 37.4. The first-order chi connectivity index (χ1) is 14.2. The van der Waals surface area contributed by atoms with E-state index in [0.717, 1.165) is 38.2 Å². The lowest BCUT2D eigenvalue weighted by atomic mass is 9.72. The first-order valence-corrected chi connectivity index (χ1v) is 10.6. The second-order valence-corrected chi connectivity index (χ2v) is 8.47. The zero-order valence-electron chi connectivity index (χ0n) is 16.5. The van der Waals surface area contributed by atoms with Crippen LogP contribution in [0.2, 0.25) is 0 Å². The molecule has 2 bridgehead atoms. The molecule has 3 fully saturated rings. The highest BCUT2D eigenvalue weighted by molar-refractivity contribution is 5.92. The first kappa shape index (κ1) is 18.2. The smallest absolute Gasteiger partial charge is 0.267 e. The molecule has 7 heteroatoms. The van der Waals surface area contributed by atoms with Crippen molar-refractivity contribution in [3.63, 3.8) is 0 Å². The van der Waals surface area contributed by atoms with E-state index in [-0.39, 0.29) is 23.9 Å². The number of carbonyl (C=O) groups is 2. The molecule has 0 aliphatic carbocycles. The van der Waals surface area contributed by atoms with Gasteiger partial charge < -0.3 is 20.1 Å². The van der Waals surface area contributed by atoms with E-state index in [2.05, 4.69) is 31.2 Å². The molecule has 29 heavy (non-hydrogen) atoms. The molecule has 2 amide bonds. The Kier molecular flexibility index (Phi) is 4.73. The summed E-state index contributed by atoms with van der Waals surface area (Å²) in [5.74, 6) is 1.94. The number of hydrogen-bond donors (Lipinski definition) is 2. The number of rotatable bonds is 4. The number of amides is 2. The fourth-order valence-corrected chi connectivity index (χ4v) is 5.53. The van der Waals surface area contributed by atoms with Gasteiger partial charge in [-0.15, -0.1) is 0 Å². The molecule has 0 saturated carbocycles. The zero-order chi connectivity index (χ0) is 19.8. The molecule has 0 radical (unpaired) electrons. The van der Waals surface area contributed by atoms with E-state index >= 15 is 0 Å². The molecule has 4 atom stereocenters. The number of fused-ring (bicyclic) bond motifs is 4. The number of piperidine rings is 3. The number of aromatic amines is 1. The lowest BCUT2D eigenvalue weighted by molar-refractivity contribution is -0.148. The van der Waals surface area contributed by atoms with Crippen LogP contribution in [-0.4, -0.2) is 58.4 Å². The summed E-state index contributed by atoms with van der Waals surface area (Å²) in [6.45, 7) is 2.31. The quantitative estimate of drug-likeness (QED) is 0.833. The average Bonchev–Trinajstić information content (AvgIpc) is 3.29. The van der Waals surface area contributed by atoms with Crippen molar-refractivity contribution in [2.45, 2.75) is 37.8 Å². The van der Waals surface area contributed by atoms with Crippen LogP contribution in [0, 0.1) is 11.8 Å². The lowest BCUT2D eigenvalue weighted by Gasteiger charge is -2.56.